The topological polar surface area (TPSA) is 62.1 Å². The number of anilines is 1. The molecule has 3 rings (SSSR count). The van der Waals surface area contributed by atoms with Crippen molar-refractivity contribution in [1.82, 2.24) is 0 Å². The molecule has 0 saturated carbocycles. The van der Waals surface area contributed by atoms with Crippen LogP contribution in [0.5, 0.6) is 0 Å². The summed E-state index contributed by atoms with van der Waals surface area (Å²) in [5.41, 5.74) is 2.79. The Morgan fingerprint density at radius 2 is 2.28 bits per heavy atom. The van der Waals surface area contributed by atoms with E-state index in [1.807, 2.05) is 42.6 Å². The molecule has 0 aliphatic carbocycles. The first-order chi connectivity index (χ1) is 12.0. The predicted molar refractivity (Wildman–Crippen MR) is 103 cm³/mol. The SMILES string of the molecule is CC(=O)C(c1ccc2c(c1)CC(C)OC(=S)N2)C(C#N)c1cccs1. The molecule has 1 aromatic carbocycles. The van der Waals surface area contributed by atoms with E-state index >= 15 is 0 Å². The number of nitriles is 1. The lowest BCUT2D eigenvalue weighted by atomic mass is 9.82. The van der Waals surface area contributed by atoms with Crippen molar-refractivity contribution >= 4 is 40.2 Å². The van der Waals surface area contributed by atoms with Crippen LogP contribution >= 0.6 is 23.6 Å². The van der Waals surface area contributed by atoms with Crippen LogP contribution in [0.25, 0.3) is 0 Å². The Balaban J connectivity index is 2.02. The molecule has 1 aromatic heterocycles. The number of thiophene rings is 1. The molecule has 1 N–H and O–H groups in total. The largest absolute Gasteiger partial charge is 0.467 e. The zero-order chi connectivity index (χ0) is 18.0. The number of nitrogens with zero attached hydrogens (tertiary/aromatic N) is 1. The number of benzene rings is 1. The van der Waals surface area contributed by atoms with Crippen molar-refractivity contribution in [2.45, 2.75) is 38.2 Å². The van der Waals surface area contributed by atoms with Crippen LogP contribution in [0, 0.1) is 11.3 Å². The van der Waals surface area contributed by atoms with Crippen molar-refractivity contribution in [1.29, 1.82) is 5.26 Å². The van der Waals surface area contributed by atoms with E-state index in [4.69, 9.17) is 17.0 Å². The highest BCUT2D eigenvalue weighted by atomic mass is 32.1. The van der Waals surface area contributed by atoms with Crippen LogP contribution in [0.2, 0.25) is 0 Å². The summed E-state index contributed by atoms with van der Waals surface area (Å²) in [4.78, 5) is 13.3. The van der Waals surface area contributed by atoms with Gasteiger partial charge in [0.25, 0.3) is 5.17 Å². The Morgan fingerprint density at radius 1 is 1.48 bits per heavy atom. The van der Waals surface area contributed by atoms with Crippen molar-refractivity contribution in [2.75, 3.05) is 5.32 Å². The molecule has 0 bridgehead atoms. The Labute approximate surface area is 156 Å². The summed E-state index contributed by atoms with van der Waals surface area (Å²) in [6.07, 6.45) is 0.647. The average Bonchev–Trinajstić information content (AvgIpc) is 3.02. The van der Waals surface area contributed by atoms with E-state index in [1.165, 1.54) is 11.3 Å². The van der Waals surface area contributed by atoms with Gasteiger partial charge < -0.3 is 10.1 Å². The first-order valence-corrected chi connectivity index (χ1v) is 9.32. The molecular formula is C19H18N2O2S2. The summed E-state index contributed by atoms with van der Waals surface area (Å²) < 4.78 is 5.57. The first kappa shape index (κ1) is 17.6. The standard InChI is InChI=1S/C19H18N2O2S2/c1-11-8-14-9-13(5-6-16(14)21-19(24)23-11)18(12(2)22)15(10-20)17-4-3-7-25-17/h3-7,9,11,15,18H,8H2,1-2H3,(H,21,24). The number of carbonyl (C=O) groups is 1. The number of rotatable bonds is 4. The van der Waals surface area contributed by atoms with Gasteiger partial charge in [0.2, 0.25) is 0 Å². The minimum Gasteiger partial charge on any atom is -0.467 e. The number of ether oxygens (including phenoxy) is 1. The molecule has 6 heteroatoms. The van der Waals surface area contributed by atoms with E-state index in [-0.39, 0.29) is 11.9 Å². The van der Waals surface area contributed by atoms with Crippen LogP contribution in [-0.4, -0.2) is 17.1 Å². The number of nitrogens with one attached hydrogen (secondary N) is 1. The highest BCUT2D eigenvalue weighted by molar-refractivity contribution is 7.80. The average molecular weight is 370 g/mol. The summed E-state index contributed by atoms with van der Waals surface area (Å²) >= 11 is 6.66. The second kappa shape index (κ2) is 7.34. The van der Waals surface area contributed by atoms with Gasteiger partial charge in [-0.2, -0.15) is 5.26 Å². The Hall–Kier alpha value is -2.23. The fraction of sp³-hybridized carbons (Fsp3) is 0.316. The lowest BCUT2D eigenvalue weighted by molar-refractivity contribution is -0.118. The third kappa shape index (κ3) is 3.73. The minimum absolute atomic E-state index is 0.0127. The van der Waals surface area contributed by atoms with Crippen molar-refractivity contribution < 1.29 is 9.53 Å². The summed E-state index contributed by atoms with van der Waals surface area (Å²) in [6, 6.07) is 11.9. The van der Waals surface area contributed by atoms with E-state index in [0.29, 0.717) is 11.6 Å². The zero-order valence-corrected chi connectivity index (χ0v) is 15.6. The van der Waals surface area contributed by atoms with Crippen molar-refractivity contribution in [3.63, 3.8) is 0 Å². The van der Waals surface area contributed by atoms with Gasteiger partial charge >= 0.3 is 0 Å². The molecule has 2 heterocycles. The maximum atomic E-state index is 12.4. The summed E-state index contributed by atoms with van der Waals surface area (Å²) in [7, 11) is 0. The predicted octanol–water partition coefficient (Wildman–Crippen LogP) is 4.39. The summed E-state index contributed by atoms with van der Waals surface area (Å²) in [6.45, 7) is 3.51. The van der Waals surface area contributed by atoms with Crippen LogP contribution in [0.3, 0.4) is 0 Å². The number of fused-ring (bicyclic) bond motifs is 1. The molecule has 0 saturated heterocycles. The maximum absolute atomic E-state index is 12.4. The van der Waals surface area contributed by atoms with Crippen molar-refractivity contribution in [3.8, 4) is 6.07 Å². The van der Waals surface area contributed by atoms with E-state index in [9.17, 15) is 10.1 Å². The molecule has 0 amide bonds. The van der Waals surface area contributed by atoms with Crippen LogP contribution in [0.15, 0.2) is 35.7 Å². The molecule has 3 unspecified atom stereocenters. The van der Waals surface area contributed by atoms with Gasteiger partial charge in [-0.1, -0.05) is 18.2 Å². The van der Waals surface area contributed by atoms with Crippen LogP contribution in [-0.2, 0) is 16.0 Å². The lowest BCUT2D eigenvalue weighted by Crippen LogP contribution is -2.17. The third-order valence-electron chi connectivity index (χ3n) is 4.30. The van der Waals surface area contributed by atoms with Crippen LogP contribution in [0.4, 0.5) is 5.69 Å². The molecule has 0 spiro atoms. The molecule has 4 nitrogen and oxygen atoms in total. The maximum Gasteiger partial charge on any atom is 0.261 e. The fourth-order valence-electron chi connectivity index (χ4n) is 3.20. The Kier molecular flexibility index (Phi) is 5.16. The van der Waals surface area contributed by atoms with Gasteiger partial charge in [-0.15, -0.1) is 11.3 Å². The van der Waals surface area contributed by atoms with E-state index in [0.717, 1.165) is 21.7 Å². The quantitative estimate of drug-likeness (QED) is 0.809. The van der Waals surface area contributed by atoms with Gasteiger partial charge in [-0.25, -0.2) is 0 Å². The second-order valence-electron chi connectivity index (χ2n) is 6.17. The Morgan fingerprint density at radius 3 is 2.92 bits per heavy atom. The normalized spacial score (nSPS) is 18.8. The number of thiocarbonyl (C=S) groups is 1. The molecule has 0 fully saturated rings. The lowest BCUT2D eigenvalue weighted by Gasteiger charge is -2.20. The van der Waals surface area contributed by atoms with Gasteiger partial charge in [0, 0.05) is 17.0 Å². The minimum atomic E-state index is -0.486. The van der Waals surface area contributed by atoms with Crippen molar-refractivity contribution in [2.24, 2.45) is 0 Å². The van der Waals surface area contributed by atoms with Gasteiger partial charge in [-0.3, -0.25) is 4.79 Å². The number of ketones is 1. The van der Waals surface area contributed by atoms with Gasteiger partial charge in [0.15, 0.2) is 0 Å². The molecule has 0 radical (unpaired) electrons. The molecule has 3 atom stereocenters. The van der Waals surface area contributed by atoms with E-state index < -0.39 is 11.8 Å². The monoisotopic (exact) mass is 370 g/mol. The number of Topliss-reactive ketones (excluding diaryl/α,β-unsaturated/α-hetero) is 1. The highest BCUT2D eigenvalue weighted by Gasteiger charge is 2.30. The Bertz CT molecular complexity index is 840. The summed E-state index contributed by atoms with van der Waals surface area (Å²) in [5.74, 6) is -0.981. The van der Waals surface area contributed by atoms with Crippen LogP contribution in [0.1, 0.15) is 41.7 Å². The molecule has 128 valence electrons. The smallest absolute Gasteiger partial charge is 0.261 e. The fourth-order valence-corrected chi connectivity index (χ4v) is 4.28. The van der Waals surface area contributed by atoms with Crippen LogP contribution < -0.4 is 5.32 Å². The number of hydrogen-bond donors (Lipinski definition) is 1. The molecule has 2 aromatic rings. The molecule has 1 aliphatic heterocycles. The highest BCUT2D eigenvalue weighted by Crippen LogP contribution is 2.37. The van der Waals surface area contributed by atoms with Crippen molar-refractivity contribution in [3.05, 3.63) is 51.7 Å². The van der Waals surface area contributed by atoms with Gasteiger partial charge in [-0.05, 0) is 54.7 Å². The molecular weight excluding hydrogens is 352 g/mol. The van der Waals surface area contributed by atoms with Gasteiger partial charge in [0.1, 0.15) is 11.9 Å². The second-order valence-corrected chi connectivity index (χ2v) is 7.52. The van der Waals surface area contributed by atoms with E-state index in [2.05, 4.69) is 11.4 Å². The molecule has 25 heavy (non-hydrogen) atoms. The number of hydrogen-bond acceptors (Lipinski definition) is 5. The van der Waals surface area contributed by atoms with E-state index in [1.54, 1.807) is 6.92 Å². The zero-order valence-electron chi connectivity index (χ0n) is 14.0. The number of carbonyl (C=O) groups excluding carboxylic acids is 1. The van der Waals surface area contributed by atoms with Gasteiger partial charge in [0.05, 0.1) is 17.9 Å². The third-order valence-corrected chi connectivity index (χ3v) is 5.45. The summed E-state index contributed by atoms with van der Waals surface area (Å²) in [5, 5.41) is 15.1. The first-order valence-electron chi connectivity index (χ1n) is 8.03. The molecule has 1 aliphatic rings.